The van der Waals surface area contributed by atoms with Crippen LogP contribution in [-0.4, -0.2) is 37.4 Å². The van der Waals surface area contributed by atoms with Crippen LogP contribution < -0.4 is 4.74 Å². The molecule has 7 heteroatoms. The van der Waals surface area contributed by atoms with Crippen molar-refractivity contribution in [3.63, 3.8) is 0 Å². The van der Waals surface area contributed by atoms with E-state index in [1.807, 2.05) is 39.8 Å². The molecular formula is C25H28O7. The maximum absolute atomic E-state index is 12.8. The summed E-state index contributed by atoms with van der Waals surface area (Å²) < 4.78 is 5.78. The summed E-state index contributed by atoms with van der Waals surface area (Å²) in [6.07, 6.45) is 1.37. The Hall–Kier alpha value is -3.45. The third-order valence-corrected chi connectivity index (χ3v) is 5.35. The Labute approximate surface area is 186 Å². The van der Waals surface area contributed by atoms with Crippen LogP contribution >= 0.6 is 0 Å². The van der Waals surface area contributed by atoms with Gasteiger partial charge in [-0.25, -0.2) is 0 Å². The van der Waals surface area contributed by atoms with E-state index >= 15 is 0 Å². The van der Waals surface area contributed by atoms with Crippen molar-refractivity contribution in [3.05, 3.63) is 63.8 Å². The molecule has 0 unspecified atom stereocenters. The first kappa shape index (κ1) is 23.2. The number of benzene rings is 2. The first-order valence-corrected chi connectivity index (χ1v) is 10.3. The standard InChI is InChI=1S/C25H28O7/c1-12(2)5-7-14-9-17(22(29)16(21(14)28)8-6-13(3)4)25-24(31)23(30)20-18(27)10-15(26)11-19(20)32-25/h5-6,9-11,24-29,31H,7-8H2,1-4H3/t24-,25+/m0/s1. The lowest BCUT2D eigenvalue weighted by Crippen LogP contribution is -2.36. The van der Waals surface area contributed by atoms with Gasteiger partial charge in [0.05, 0.1) is 0 Å². The highest BCUT2D eigenvalue weighted by molar-refractivity contribution is 6.05. The molecule has 0 fully saturated rings. The molecule has 0 bridgehead atoms. The van der Waals surface area contributed by atoms with Gasteiger partial charge in [-0.15, -0.1) is 0 Å². The highest BCUT2D eigenvalue weighted by atomic mass is 16.5. The smallest absolute Gasteiger partial charge is 0.202 e. The molecule has 3 rings (SSSR count). The van der Waals surface area contributed by atoms with E-state index in [0.717, 1.165) is 23.3 Å². The van der Waals surface area contributed by atoms with Crippen molar-refractivity contribution in [1.29, 1.82) is 0 Å². The third kappa shape index (κ3) is 4.43. The number of aliphatic hydroxyl groups excluding tert-OH is 1. The number of fused-ring (bicyclic) bond motifs is 1. The molecule has 0 spiro atoms. The largest absolute Gasteiger partial charge is 0.508 e. The van der Waals surface area contributed by atoms with E-state index < -0.39 is 23.7 Å². The van der Waals surface area contributed by atoms with Crippen LogP contribution in [0.25, 0.3) is 0 Å². The predicted molar refractivity (Wildman–Crippen MR) is 120 cm³/mol. The Morgan fingerprint density at radius 2 is 1.56 bits per heavy atom. The van der Waals surface area contributed by atoms with E-state index in [4.69, 9.17) is 4.74 Å². The van der Waals surface area contributed by atoms with Crippen LogP contribution in [0.1, 0.15) is 60.8 Å². The molecule has 32 heavy (non-hydrogen) atoms. The zero-order valence-electron chi connectivity index (χ0n) is 18.5. The Morgan fingerprint density at radius 1 is 0.938 bits per heavy atom. The van der Waals surface area contributed by atoms with Gasteiger partial charge in [0.2, 0.25) is 5.78 Å². The maximum Gasteiger partial charge on any atom is 0.202 e. The van der Waals surface area contributed by atoms with E-state index in [-0.39, 0.29) is 46.1 Å². The Morgan fingerprint density at radius 3 is 2.19 bits per heavy atom. The molecule has 2 aromatic carbocycles. The Kier molecular flexibility index (Phi) is 6.50. The highest BCUT2D eigenvalue weighted by Gasteiger charge is 2.41. The quantitative estimate of drug-likeness (QED) is 0.441. The first-order valence-electron chi connectivity index (χ1n) is 10.3. The second kappa shape index (κ2) is 8.96. The lowest BCUT2D eigenvalue weighted by Gasteiger charge is -2.31. The summed E-state index contributed by atoms with van der Waals surface area (Å²) in [5.41, 5.74) is 2.68. The zero-order valence-corrected chi connectivity index (χ0v) is 18.5. The number of allylic oxidation sites excluding steroid dienone is 4. The van der Waals surface area contributed by atoms with Crippen LogP contribution in [0.15, 0.2) is 41.5 Å². The van der Waals surface area contributed by atoms with Gasteiger partial charge in [-0.2, -0.15) is 0 Å². The zero-order chi connectivity index (χ0) is 23.7. The first-order chi connectivity index (χ1) is 15.0. The molecule has 2 aromatic rings. The molecule has 2 atom stereocenters. The van der Waals surface area contributed by atoms with Crippen molar-refractivity contribution in [3.8, 4) is 28.7 Å². The molecule has 0 aromatic heterocycles. The number of carbonyl (C=O) groups is 1. The lowest BCUT2D eigenvalue weighted by atomic mass is 9.88. The van der Waals surface area contributed by atoms with Gasteiger partial charge in [-0.05, 0) is 52.2 Å². The molecule has 0 radical (unpaired) electrons. The van der Waals surface area contributed by atoms with Gasteiger partial charge in [-0.1, -0.05) is 23.3 Å². The topological polar surface area (TPSA) is 127 Å². The van der Waals surface area contributed by atoms with E-state index in [1.54, 1.807) is 0 Å². The third-order valence-electron chi connectivity index (χ3n) is 5.35. The number of hydrogen-bond donors (Lipinski definition) is 5. The van der Waals surface area contributed by atoms with Gasteiger partial charge in [0.1, 0.15) is 34.3 Å². The molecule has 0 saturated heterocycles. The molecule has 7 nitrogen and oxygen atoms in total. The Bertz CT molecular complexity index is 1120. The summed E-state index contributed by atoms with van der Waals surface area (Å²) in [6, 6.07) is 3.66. The number of phenols is 4. The molecule has 0 aliphatic carbocycles. The van der Waals surface area contributed by atoms with Crippen molar-refractivity contribution in [1.82, 2.24) is 0 Å². The molecule has 5 N–H and O–H groups in total. The minimum absolute atomic E-state index is 0.0615. The van der Waals surface area contributed by atoms with Crippen molar-refractivity contribution in [2.45, 2.75) is 52.7 Å². The summed E-state index contributed by atoms with van der Waals surface area (Å²) >= 11 is 0. The normalized spacial score (nSPS) is 17.3. The Balaban J connectivity index is 2.18. The number of Topliss-reactive ketones (excluding diaryl/α,β-unsaturated/α-hetero) is 1. The number of ketones is 1. The SMILES string of the molecule is CC(C)=CCc1cc([C@H]2Oc3cc(O)cc(O)c3C(=O)[C@@H]2O)c(O)c(CC=C(C)C)c1O. The number of rotatable bonds is 5. The van der Waals surface area contributed by atoms with E-state index in [9.17, 15) is 30.3 Å². The van der Waals surface area contributed by atoms with E-state index in [1.165, 1.54) is 6.07 Å². The molecule has 1 aliphatic heterocycles. The second-order valence-corrected chi connectivity index (χ2v) is 8.46. The fourth-order valence-corrected chi connectivity index (χ4v) is 3.64. The fraction of sp³-hybridized carbons (Fsp3) is 0.320. The van der Waals surface area contributed by atoms with Crippen molar-refractivity contribution >= 4 is 5.78 Å². The lowest BCUT2D eigenvalue weighted by molar-refractivity contribution is 0.0202. The number of hydrogen-bond acceptors (Lipinski definition) is 7. The van der Waals surface area contributed by atoms with Gasteiger partial charge in [-0.3, -0.25) is 4.79 Å². The van der Waals surface area contributed by atoms with Gasteiger partial charge in [0.25, 0.3) is 0 Å². The summed E-state index contributed by atoms with van der Waals surface area (Å²) in [5, 5.41) is 52.3. The molecule has 1 aliphatic rings. The van der Waals surface area contributed by atoms with Crippen LogP contribution in [0.3, 0.4) is 0 Å². The maximum atomic E-state index is 12.8. The second-order valence-electron chi connectivity index (χ2n) is 8.46. The minimum atomic E-state index is -1.71. The number of aliphatic hydroxyl groups is 1. The van der Waals surface area contributed by atoms with Crippen LogP contribution in [0.4, 0.5) is 0 Å². The monoisotopic (exact) mass is 440 g/mol. The van der Waals surface area contributed by atoms with Crippen molar-refractivity contribution in [2.75, 3.05) is 0 Å². The van der Waals surface area contributed by atoms with Gasteiger partial charge >= 0.3 is 0 Å². The molecule has 1 heterocycles. The van der Waals surface area contributed by atoms with Crippen molar-refractivity contribution in [2.24, 2.45) is 0 Å². The summed E-state index contributed by atoms with van der Waals surface area (Å²) in [5.74, 6) is -2.07. The molecule has 0 saturated carbocycles. The minimum Gasteiger partial charge on any atom is -0.508 e. The fourth-order valence-electron chi connectivity index (χ4n) is 3.64. The van der Waals surface area contributed by atoms with Crippen LogP contribution in [-0.2, 0) is 12.8 Å². The van der Waals surface area contributed by atoms with Crippen LogP contribution in [0.5, 0.6) is 28.7 Å². The van der Waals surface area contributed by atoms with E-state index in [2.05, 4.69) is 0 Å². The summed E-state index contributed by atoms with van der Waals surface area (Å²) in [7, 11) is 0. The molecular weight excluding hydrogens is 412 g/mol. The number of phenolic OH excluding ortho intramolecular Hbond substituents is 4. The predicted octanol–water partition coefficient (Wildman–Crippen LogP) is 4.20. The average Bonchev–Trinajstić information content (AvgIpc) is 2.69. The summed E-state index contributed by atoms with van der Waals surface area (Å²) in [6.45, 7) is 7.63. The molecule has 0 amide bonds. The van der Waals surface area contributed by atoms with Gasteiger partial charge in [0, 0.05) is 23.3 Å². The van der Waals surface area contributed by atoms with Gasteiger partial charge in [0.15, 0.2) is 12.2 Å². The van der Waals surface area contributed by atoms with Crippen LogP contribution in [0, 0.1) is 0 Å². The molecule has 170 valence electrons. The number of carbonyl (C=O) groups excluding carboxylic acids is 1. The van der Waals surface area contributed by atoms with Crippen LogP contribution in [0.2, 0.25) is 0 Å². The summed E-state index contributed by atoms with van der Waals surface area (Å²) in [4.78, 5) is 12.8. The highest BCUT2D eigenvalue weighted by Crippen LogP contribution is 2.46. The van der Waals surface area contributed by atoms with Crippen molar-refractivity contribution < 1.29 is 35.1 Å². The number of ether oxygens (including phenoxy) is 1. The number of aromatic hydroxyl groups is 4. The van der Waals surface area contributed by atoms with Gasteiger partial charge < -0.3 is 30.3 Å². The van der Waals surface area contributed by atoms with E-state index in [0.29, 0.717) is 12.0 Å². The average molecular weight is 440 g/mol.